The number of carboxylic acid groups (broad SMARTS) is 1. The van der Waals surface area contributed by atoms with E-state index < -0.39 is 23.1 Å². The minimum Gasteiger partial charge on any atom is -0.481 e. The lowest BCUT2D eigenvalue weighted by Crippen LogP contribution is -2.42. The number of aliphatic carboxylic acids is 1. The van der Waals surface area contributed by atoms with Crippen LogP contribution in [0.4, 0.5) is 13.2 Å². The third kappa shape index (κ3) is 2.33. The van der Waals surface area contributed by atoms with Crippen LogP contribution in [0.2, 0.25) is 0 Å². The zero-order chi connectivity index (χ0) is 14.3. The first-order valence-corrected chi connectivity index (χ1v) is 6.18. The predicted molar refractivity (Wildman–Crippen MR) is 63.8 cm³/mol. The first-order valence-electron chi connectivity index (χ1n) is 6.18. The standard InChI is InChI=1S/C14H15F3O2/c1-9(13(12(18)19)7-2-8-13)10-3-5-11(6-4-10)14(15,16)17/h3-6,9H,2,7-8H2,1H3,(H,18,19). The third-order valence-corrected chi connectivity index (χ3v) is 4.24. The second kappa shape index (κ2) is 4.54. The average Bonchev–Trinajstić information content (AvgIpc) is 2.25. The summed E-state index contributed by atoms with van der Waals surface area (Å²) in [6, 6.07) is 4.80. The van der Waals surface area contributed by atoms with E-state index in [1.165, 1.54) is 12.1 Å². The first kappa shape index (κ1) is 13.9. The second-order valence-electron chi connectivity index (χ2n) is 5.16. The Morgan fingerprint density at radius 1 is 1.26 bits per heavy atom. The quantitative estimate of drug-likeness (QED) is 0.900. The van der Waals surface area contributed by atoms with Gasteiger partial charge in [-0.3, -0.25) is 4.79 Å². The van der Waals surface area contributed by atoms with Crippen LogP contribution in [0.3, 0.4) is 0 Å². The van der Waals surface area contributed by atoms with Crippen molar-refractivity contribution >= 4 is 5.97 Å². The molecular formula is C14H15F3O2. The van der Waals surface area contributed by atoms with Crippen LogP contribution in [0.5, 0.6) is 0 Å². The highest BCUT2D eigenvalue weighted by molar-refractivity contribution is 5.77. The largest absolute Gasteiger partial charge is 0.481 e. The number of hydrogen-bond acceptors (Lipinski definition) is 1. The lowest BCUT2D eigenvalue weighted by atomic mass is 9.60. The molecule has 1 aromatic rings. The summed E-state index contributed by atoms with van der Waals surface area (Å²) in [6.07, 6.45) is -2.32. The molecule has 104 valence electrons. The van der Waals surface area contributed by atoms with E-state index in [0.717, 1.165) is 18.6 Å². The van der Waals surface area contributed by atoms with E-state index in [1.807, 2.05) is 0 Å². The van der Waals surface area contributed by atoms with Crippen molar-refractivity contribution in [3.63, 3.8) is 0 Å². The van der Waals surface area contributed by atoms with Gasteiger partial charge in [-0.1, -0.05) is 25.5 Å². The summed E-state index contributed by atoms with van der Waals surface area (Å²) in [5.74, 6) is -1.13. The number of alkyl halides is 3. The van der Waals surface area contributed by atoms with Gasteiger partial charge in [-0.15, -0.1) is 0 Å². The minimum absolute atomic E-state index is 0.277. The molecule has 0 saturated heterocycles. The maximum Gasteiger partial charge on any atom is 0.416 e. The van der Waals surface area contributed by atoms with Gasteiger partial charge in [0.1, 0.15) is 0 Å². The van der Waals surface area contributed by atoms with Crippen molar-refractivity contribution < 1.29 is 23.1 Å². The second-order valence-corrected chi connectivity index (χ2v) is 5.16. The van der Waals surface area contributed by atoms with E-state index in [2.05, 4.69) is 0 Å². The van der Waals surface area contributed by atoms with Gasteiger partial charge < -0.3 is 5.11 Å². The number of halogens is 3. The number of rotatable bonds is 3. The van der Waals surface area contributed by atoms with Crippen molar-refractivity contribution in [1.82, 2.24) is 0 Å². The molecule has 0 heterocycles. The van der Waals surface area contributed by atoms with Gasteiger partial charge in [-0.05, 0) is 36.5 Å². The van der Waals surface area contributed by atoms with Gasteiger partial charge in [-0.2, -0.15) is 13.2 Å². The molecule has 1 fully saturated rings. The summed E-state index contributed by atoms with van der Waals surface area (Å²) < 4.78 is 37.4. The zero-order valence-corrected chi connectivity index (χ0v) is 10.5. The maximum atomic E-state index is 12.5. The van der Waals surface area contributed by atoms with E-state index in [0.29, 0.717) is 18.4 Å². The van der Waals surface area contributed by atoms with Gasteiger partial charge in [0.2, 0.25) is 0 Å². The molecule has 0 amide bonds. The number of carbonyl (C=O) groups is 1. The molecule has 2 rings (SSSR count). The van der Waals surface area contributed by atoms with E-state index in [-0.39, 0.29) is 5.92 Å². The highest BCUT2D eigenvalue weighted by Gasteiger charge is 2.49. The highest BCUT2D eigenvalue weighted by Crippen LogP contribution is 2.51. The van der Waals surface area contributed by atoms with Gasteiger partial charge in [0.05, 0.1) is 11.0 Å². The average molecular weight is 272 g/mol. The molecule has 5 heteroatoms. The molecule has 1 unspecified atom stereocenters. The van der Waals surface area contributed by atoms with Gasteiger partial charge in [0.15, 0.2) is 0 Å². The molecule has 1 saturated carbocycles. The highest BCUT2D eigenvalue weighted by atomic mass is 19.4. The van der Waals surface area contributed by atoms with Crippen LogP contribution in [-0.2, 0) is 11.0 Å². The van der Waals surface area contributed by atoms with Crippen molar-refractivity contribution in [2.75, 3.05) is 0 Å². The lowest BCUT2D eigenvalue weighted by Gasteiger charge is -2.42. The maximum absolute atomic E-state index is 12.5. The number of hydrogen-bond donors (Lipinski definition) is 1. The predicted octanol–water partition coefficient (Wildman–Crippen LogP) is 4.06. The van der Waals surface area contributed by atoms with Gasteiger partial charge in [-0.25, -0.2) is 0 Å². The van der Waals surface area contributed by atoms with Crippen molar-refractivity contribution in [3.05, 3.63) is 35.4 Å². The fraction of sp³-hybridized carbons (Fsp3) is 0.500. The van der Waals surface area contributed by atoms with E-state index in [9.17, 15) is 23.1 Å². The SMILES string of the molecule is CC(c1ccc(C(F)(F)F)cc1)C1(C(=O)O)CCC1. The molecule has 19 heavy (non-hydrogen) atoms. The van der Waals surface area contributed by atoms with Gasteiger partial charge in [0.25, 0.3) is 0 Å². The molecule has 0 spiro atoms. The van der Waals surface area contributed by atoms with Gasteiger partial charge >= 0.3 is 12.1 Å². The molecule has 0 aromatic heterocycles. The summed E-state index contributed by atoms with van der Waals surface area (Å²) in [5.41, 5.74) is -0.865. The molecule has 1 aliphatic rings. The first-order chi connectivity index (χ1) is 8.77. The molecule has 0 aliphatic heterocycles. The Labute approximate surface area is 109 Å². The van der Waals surface area contributed by atoms with Crippen LogP contribution in [0, 0.1) is 5.41 Å². The summed E-state index contributed by atoms with van der Waals surface area (Å²) in [6.45, 7) is 1.77. The van der Waals surface area contributed by atoms with Crippen LogP contribution in [0.1, 0.15) is 43.2 Å². The molecular weight excluding hydrogens is 257 g/mol. The Morgan fingerprint density at radius 3 is 2.11 bits per heavy atom. The Bertz CT molecular complexity index is 472. The summed E-state index contributed by atoms with van der Waals surface area (Å²) >= 11 is 0. The number of benzene rings is 1. The Hall–Kier alpha value is -1.52. The van der Waals surface area contributed by atoms with E-state index in [1.54, 1.807) is 6.92 Å². The summed E-state index contributed by atoms with van der Waals surface area (Å²) in [4.78, 5) is 11.4. The molecule has 1 N–H and O–H groups in total. The van der Waals surface area contributed by atoms with Crippen molar-refractivity contribution in [2.24, 2.45) is 5.41 Å². The summed E-state index contributed by atoms with van der Waals surface area (Å²) in [7, 11) is 0. The van der Waals surface area contributed by atoms with Crippen LogP contribution >= 0.6 is 0 Å². The molecule has 0 bridgehead atoms. The molecule has 0 radical (unpaired) electrons. The topological polar surface area (TPSA) is 37.3 Å². The van der Waals surface area contributed by atoms with E-state index >= 15 is 0 Å². The normalized spacial score (nSPS) is 19.6. The third-order valence-electron chi connectivity index (χ3n) is 4.24. The molecule has 2 nitrogen and oxygen atoms in total. The van der Waals surface area contributed by atoms with Crippen molar-refractivity contribution in [3.8, 4) is 0 Å². The van der Waals surface area contributed by atoms with Gasteiger partial charge in [0, 0.05) is 0 Å². The Kier molecular flexibility index (Phi) is 3.32. The number of carboxylic acids is 1. The molecule has 1 atom stereocenters. The van der Waals surface area contributed by atoms with Crippen molar-refractivity contribution in [1.29, 1.82) is 0 Å². The minimum atomic E-state index is -4.36. The fourth-order valence-corrected chi connectivity index (χ4v) is 2.67. The zero-order valence-electron chi connectivity index (χ0n) is 10.5. The molecule has 1 aliphatic carbocycles. The van der Waals surface area contributed by atoms with Crippen molar-refractivity contribution in [2.45, 2.75) is 38.3 Å². The molecule has 1 aromatic carbocycles. The monoisotopic (exact) mass is 272 g/mol. The smallest absolute Gasteiger partial charge is 0.416 e. The van der Waals surface area contributed by atoms with Crippen LogP contribution in [-0.4, -0.2) is 11.1 Å². The van der Waals surface area contributed by atoms with Crippen LogP contribution in [0.25, 0.3) is 0 Å². The fourth-order valence-electron chi connectivity index (χ4n) is 2.67. The van der Waals surface area contributed by atoms with E-state index in [4.69, 9.17) is 0 Å². The Balaban J connectivity index is 2.25. The van der Waals surface area contributed by atoms with Crippen LogP contribution in [0.15, 0.2) is 24.3 Å². The lowest BCUT2D eigenvalue weighted by molar-refractivity contribution is -0.156. The Morgan fingerprint density at radius 2 is 1.79 bits per heavy atom. The summed E-state index contributed by atoms with van der Waals surface area (Å²) in [5, 5.41) is 9.32. The van der Waals surface area contributed by atoms with Crippen LogP contribution < -0.4 is 0 Å².